The van der Waals surface area contributed by atoms with Crippen molar-refractivity contribution >= 4 is 23.5 Å². The molecule has 3 heterocycles. The smallest absolute Gasteiger partial charge is 0.277 e. The number of benzene rings is 1. The first-order valence-corrected chi connectivity index (χ1v) is 9.29. The average molecular weight is 365 g/mol. The van der Waals surface area contributed by atoms with Crippen molar-refractivity contribution in [2.75, 3.05) is 42.5 Å². The van der Waals surface area contributed by atoms with Crippen molar-refractivity contribution in [2.24, 2.45) is 0 Å². The van der Waals surface area contributed by atoms with Gasteiger partial charge in [0, 0.05) is 51.0 Å². The second kappa shape index (κ2) is 6.98. The first kappa shape index (κ1) is 17.5. The summed E-state index contributed by atoms with van der Waals surface area (Å²) in [5.41, 5.74) is 3.35. The molecule has 2 aliphatic rings. The molecule has 0 radical (unpaired) electrons. The summed E-state index contributed by atoms with van der Waals surface area (Å²) in [4.78, 5) is 39.4. The van der Waals surface area contributed by atoms with Crippen molar-refractivity contribution in [1.29, 1.82) is 0 Å². The molecule has 0 bridgehead atoms. The minimum Gasteiger partial charge on any atom is -0.339 e. The van der Waals surface area contributed by atoms with Crippen molar-refractivity contribution in [3.8, 4) is 0 Å². The summed E-state index contributed by atoms with van der Waals surface area (Å²) in [5.74, 6) is 0.562. The van der Waals surface area contributed by atoms with Gasteiger partial charge in [-0.15, -0.1) is 0 Å². The molecule has 1 fully saturated rings. The molecule has 27 heavy (non-hydrogen) atoms. The third-order valence-electron chi connectivity index (χ3n) is 5.20. The summed E-state index contributed by atoms with van der Waals surface area (Å²) in [6.45, 7) is 6.78. The number of aryl methyl sites for hydroxylation is 1. The Morgan fingerprint density at radius 1 is 1.00 bits per heavy atom. The Labute approximate surface area is 158 Å². The molecule has 4 rings (SSSR count). The highest BCUT2D eigenvalue weighted by atomic mass is 16.2. The zero-order chi connectivity index (χ0) is 19.0. The third kappa shape index (κ3) is 3.37. The van der Waals surface area contributed by atoms with Crippen molar-refractivity contribution in [1.82, 2.24) is 14.9 Å². The molecule has 7 heteroatoms. The number of aromatic nitrogens is 2. The van der Waals surface area contributed by atoms with Crippen LogP contribution in [0.2, 0.25) is 0 Å². The second-order valence-electron chi connectivity index (χ2n) is 7.02. The number of fused-ring (bicyclic) bond motifs is 1. The van der Waals surface area contributed by atoms with Crippen LogP contribution in [0.1, 0.15) is 28.7 Å². The lowest BCUT2D eigenvalue weighted by atomic mass is 10.2. The zero-order valence-electron chi connectivity index (χ0n) is 15.7. The van der Waals surface area contributed by atoms with E-state index in [-0.39, 0.29) is 11.8 Å². The fraction of sp³-hybridized carbons (Fsp3) is 0.400. The SMILES string of the molecule is CC(=O)N1CCN(c2nc(C)cc(C(=O)N3CCc4ccccc43)n2)CC1. The van der Waals surface area contributed by atoms with Gasteiger partial charge < -0.3 is 14.7 Å². The molecule has 0 aliphatic carbocycles. The van der Waals surface area contributed by atoms with Gasteiger partial charge in [-0.05, 0) is 31.0 Å². The topological polar surface area (TPSA) is 69.6 Å². The van der Waals surface area contributed by atoms with Crippen LogP contribution in [0.25, 0.3) is 0 Å². The number of carbonyl (C=O) groups is 2. The van der Waals surface area contributed by atoms with Gasteiger partial charge in [-0.1, -0.05) is 18.2 Å². The summed E-state index contributed by atoms with van der Waals surface area (Å²) in [5, 5.41) is 0. The monoisotopic (exact) mass is 365 g/mol. The number of nitrogens with zero attached hydrogens (tertiary/aromatic N) is 5. The highest BCUT2D eigenvalue weighted by Crippen LogP contribution is 2.29. The lowest BCUT2D eigenvalue weighted by molar-refractivity contribution is -0.129. The predicted octanol–water partition coefficient (Wildman–Crippen LogP) is 1.66. The molecule has 0 saturated carbocycles. The van der Waals surface area contributed by atoms with Crippen LogP contribution >= 0.6 is 0 Å². The van der Waals surface area contributed by atoms with Crippen LogP contribution in [0, 0.1) is 6.92 Å². The molecule has 2 aliphatic heterocycles. The van der Waals surface area contributed by atoms with Crippen LogP contribution < -0.4 is 9.80 Å². The molecule has 0 N–H and O–H groups in total. The Morgan fingerprint density at radius 2 is 1.74 bits per heavy atom. The Morgan fingerprint density at radius 3 is 2.48 bits per heavy atom. The molecule has 1 aromatic carbocycles. The zero-order valence-corrected chi connectivity index (χ0v) is 15.7. The number of carbonyl (C=O) groups excluding carboxylic acids is 2. The molecule has 2 amide bonds. The number of piperazine rings is 1. The van der Waals surface area contributed by atoms with Crippen LogP contribution in [0.5, 0.6) is 0 Å². The quantitative estimate of drug-likeness (QED) is 0.810. The maximum absolute atomic E-state index is 13.1. The molecule has 7 nitrogen and oxygen atoms in total. The largest absolute Gasteiger partial charge is 0.339 e. The fourth-order valence-electron chi connectivity index (χ4n) is 3.71. The Hall–Kier alpha value is -2.96. The summed E-state index contributed by atoms with van der Waals surface area (Å²) < 4.78 is 0. The van der Waals surface area contributed by atoms with Crippen molar-refractivity contribution in [3.05, 3.63) is 47.3 Å². The Bertz CT molecular complexity index is 890. The fourth-order valence-corrected chi connectivity index (χ4v) is 3.71. The summed E-state index contributed by atoms with van der Waals surface area (Å²) in [6.07, 6.45) is 0.867. The first-order chi connectivity index (χ1) is 13.0. The number of anilines is 2. The van der Waals surface area contributed by atoms with Crippen LogP contribution in [0.4, 0.5) is 11.6 Å². The molecular weight excluding hydrogens is 342 g/mol. The Kier molecular flexibility index (Phi) is 4.51. The molecular formula is C20H23N5O2. The third-order valence-corrected chi connectivity index (χ3v) is 5.20. The predicted molar refractivity (Wildman–Crippen MR) is 103 cm³/mol. The average Bonchev–Trinajstić information content (AvgIpc) is 3.11. The minimum absolute atomic E-state index is 0.0865. The molecule has 140 valence electrons. The first-order valence-electron chi connectivity index (χ1n) is 9.29. The molecule has 0 unspecified atom stereocenters. The van der Waals surface area contributed by atoms with Crippen LogP contribution in [0.15, 0.2) is 30.3 Å². The van der Waals surface area contributed by atoms with Gasteiger partial charge in [-0.3, -0.25) is 9.59 Å². The molecule has 0 spiro atoms. The van der Waals surface area contributed by atoms with E-state index in [9.17, 15) is 9.59 Å². The molecule has 1 aromatic heterocycles. The number of hydrogen-bond acceptors (Lipinski definition) is 5. The van der Waals surface area contributed by atoms with Gasteiger partial charge in [0.15, 0.2) is 0 Å². The van der Waals surface area contributed by atoms with E-state index in [1.165, 1.54) is 5.56 Å². The standard InChI is InChI=1S/C20H23N5O2/c1-14-13-17(19(27)25-8-7-16-5-3-4-6-18(16)25)22-20(21-14)24-11-9-23(10-12-24)15(2)26/h3-6,13H,7-12H2,1-2H3. The van der Waals surface area contributed by atoms with E-state index >= 15 is 0 Å². The number of para-hydroxylation sites is 1. The molecule has 1 saturated heterocycles. The van der Waals surface area contributed by atoms with Gasteiger partial charge in [-0.2, -0.15) is 0 Å². The van der Waals surface area contributed by atoms with E-state index in [4.69, 9.17) is 0 Å². The minimum atomic E-state index is -0.0888. The van der Waals surface area contributed by atoms with Crippen LogP contribution in [-0.2, 0) is 11.2 Å². The molecule has 0 atom stereocenters. The van der Waals surface area contributed by atoms with Gasteiger partial charge >= 0.3 is 0 Å². The van der Waals surface area contributed by atoms with Crippen molar-refractivity contribution in [2.45, 2.75) is 20.3 Å². The maximum Gasteiger partial charge on any atom is 0.277 e. The van der Waals surface area contributed by atoms with E-state index in [0.29, 0.717) is 44.4 Å². The molecule has 2 aromatic rings. The maximum atomic E-state index is 13.1. The second-order valence-corrected chi connectivity index (χ2v) is 7.02. The summed E-state index contributed by atoms with van der Waals surface area (Å²) in [7, 11) is 0. The number of hydrogen-bond donors (Lipinski definition) is 0. The van der Waals surface area contributed by atoms with Gasteiger partial charge in [0.05, 0.1) is 0 Å². The highest BCUT2D eigenvalue weighted by Gasteiger charge is 2.27. The van der Waals surface area contributed by atoms with Crippen LogP contribution in [0.3, 0.4) is 0 Å². The highest BCUT2D eigenvalue weighted by molar-refractivity contribution is 6.06. The van der Waals surface area contributed by atoms with E-state index in [2.05, 4.69) is 16.0 Å². The van der Waals surface area contributed by atoms with Crippen molar-refractivity contribution < 1.29 is 9.59 Å². The lowest BCUT2D eigenvalue weighted by Gasteiger charge is -2.34. The van der Waals surface area contributed by atoms with E-state index in [1.54, 1.807) is 17.9 Å². The number of rotatable bonds is 2. The van der Waals surface area contributed by atoms with E-state index < -0.39 is 0 Å². The van der Waals surface area contributed by atoms with Gasteiger partial charge in [-0.25, -0.2) is 9.97 Å². The van der Waals surface area contributed by atoms with E-state index in [0.717, 1.165) is 17.8 Å². The van der Waals surface area contributed by atoms with Gasteiger partial charge in [0.1, 0.15) is 5.69 Å². The van der Waals surface area contributed by atoms with Gasteiger partial charge in [0.25, 0.3) is 5.91 Å². The van der Waals surface area contributed by atoms with E-state index in [1.807, 2.05) is 34.9 Å². The summed E-state index contributed by atoms with van der Waals surface area (Å²) >= 11 is 0. The van der Waals surface area contributed by atoms with Crippen LogP contribution in [-0.4, -0.2) is 59.4 Å². The normalized spacial score (nSPS) is 16.4. The lowest BCUT2D eigenvalue weighted by Crippen LogP contribution is -2.48. The number of amides is 2. The summed E-state index contributed by atoms with van der Waals surface area (Å²) in [6, 6.07) is 9.75. The van der Waals surface area contributed by atoms with Crippen molar-refractivity contribution in [3.63, 3.8) is 0 Å². The van der Waals surface area contributed by atoms with Gasteiger partial charge in [0.2, 0.25) is 11.9 Å². The Balaban J connectivity index is 1.56.